The van der Waals surface area contributed by atoms with Gasteiger partial charge in [0.2, 0.25) is 0 Å². The number of thiocarbonyl (C=S) groups is 1. The Kier molecular flexibility index (Phi) is 5.32. The molecular weight excluding hydrogens is 318 g/mol. The molecule has 2 aromatic carbocycles. The number of hydrogen-bond donors (Lipinski definition) is 2. The first-order valence-electron chi connectivity index (χ1n) is 6.63. The Morgan fingerprint density at radius 2 is 1.96 bits per heavy atom. The van der Waals surface area contributed by atoms with Crippen LogP contribution in [0.25, 0.3) is 0 Å². The lowest BCUT2D eigenvalue weighted by Crippen LogP contribution is -2.28. The van der Waals surface area contributed by atoms with E-state index < -0.39 is 4.92 Å². The second kappa shape index (κ2) is 7.41. The molecule has 0 aliphatic carbocycles. The fourth-order valence-electron chi connectivity index (χ4n) is 1.82. The largest absolute Gasteiger partial charge is 0.871 e. The highest BCUT2D eigenvalue weighted by Crippen LogP contribution is 2.25. The lowest BCUT2D eigenvalue weighted by molar-refractivity contribution is -0.385. The van der Waals surface area contributed by atoms with Gasteiger partial charge in [-0.2, -0.15) is 0 Å². The zero-order valence-corrected chi connectivity index (χ0v) is 13.1. The fraction of sp³-hybridized carbons (Fsp3) is 0.133. The van der Waals surface area contributed by atoms with Crippen molar-refractivity contribution in [1.29, 1.82) is 0 Å². The number of anilines is 1. The van der Waals surface area contributed by atoms with Crippen LogP contribution >= 0.6 is 12.2 Å². The summed E-state index contributed by atoms with van der Waals surface area (Å²) >= 11 is 5.10. The number of rotatable bonds is 5. The molecule has 2 rings (SSSR count). The van der Waals surface area contributed by atoms with Crippen molar-refractivity contribution in [2.24, 2.45) is 0 Å². The van der Waals surface area contributed by atoms with Gasteiger partial charge in [0.15, 0.2) is 5.11 Å². The summed E-state index contributed by atoms with van der Waals surface area (Å²) < 4.78 is 5.07. The molecule has 0 bridgehead atoms. The van der Waals surface area contributed by atoms with Crippen molar-refractivity contribution in [2.45, 2.75) is 6.54 Å². The van der Waals surface area contributed by atoms with Crippen molar-refractivity contribution < 1.29 is 14.8 Å². The van der Waals surface area contributed by atoms with Gasteiger partial charge in [-0.15, -0.1) is 0 Å². The van der Waals surface area contributed by atoms with Gasteiger partial charge >= 0.3 is 0 Å². The predicted octanol–water partition coefficient (Wildman–Crippen LogP) is 2.16. The SMILES string of the molecule is COc1ccc(CNC(=S)Nc2cc([N+](=O)[O-])ccc2[O-])cc1. The summed E-state index contributed by atoms with van der Waals surface area (Å²) in [7, 11) is 1.59. The highest BCUT2D eigenvalue weighted by molar-refractivity contribution is 7.80. The number of methoxy groups -OCH3 is 1. The first-order chi connectivity index (χ1) is 11.0. The molecule has 7 nitrogen and oxygen atoms in total. The van der Waals surface area contributed by atoms with Gasteiger partial charge in [-0.1, -0.05) is 23.9 Å². The number of nitro benzene ring substituents is 1. The van der Waals surface area contributed by atoms with Crippen molar-refractivity contribution >= 4 is 28.7 Å². The number of hydrogen-bond acceptors (Lipinski definition) is 5. The number of nitro groups is 1. The number of nitrogens with one attached hydrogen (secondary N) is 2. The Hall–Kier alpha value is -2.87. The Balaban J connectivity index is 1.96. The molecule has 0 amide bonds. The Morgan fingerprint density at radius 3 is 2.57 bits per heavy atom. The molecule has 0 aliphatic rings. The topological polar surface area (TPSA) is 99.5 Å². The van der Waals surface area contributed by atoms with Crippen molar-refractivity contribution in [2.75, 3.05) is 12.4 Å². The number of ether oxygens (including phenoxy) is 1. The molecule has 2 aromatic rings. The van der Waals surface area contributed by atoms with E-state index >= 15 is 0 Å². The number of nitrogens with zero attached hydrogens (tertiary/aromatic N) is 1. The van der Waals surface area contributed by atoms with Crippen LogP contribution in [0.5, 0.6) is 11.5 Å². The molecule has 0 unspecified atom stereocenters. The van der Waals surface area contributed by atoms with Crippen LogP contribution in [-0.4, -0.2) is 17.1 Å². The molecule has 0 aliphatic heterocycles. The van der Waals surface area contributed by atoms with Gasteiger partial charge in [-0.3, -0.25) is 10.1 Å². The van der Waals surface area contributed by atoms with E-state index in [0.717, 1.165) is 29.5 Å². The molecular formula is C15H14N3O4S-. The van der Waals surface area contributed by atoms with E-state index in [1.807, 2.05) is 24.3 Å². The standard InChI is InChI=1S/C15H15N3O4S/c1-22-12-5-2-10(3-6-12)9-16-15(23)17-13-8-11(18(20)21)4-7-14(13)19/h2-8,19H,9H2,1H3,(H2,16,17,23)/p-1. The zero-order chi connectivity index (χ0) is 16.8. The van der Waals surface area contributed by atoms with E-state index in [4.69, 9.17) is 17.0 Å². The summed E-state index contributed by atoms with van der Waals surface area (Å²) in [6.07, 6.45) is 0. The van der Waals surface area contributed by atoms with Gasteiger partial charge < -0.3 is 20.5 Å². The Labute approximate surface area is 138 Å². The molecule has 0 spiro atoms. The molecule has 0 saturated carbocycles. The lowest BCUT2D eigenvalue weighted by atomic mass is 10.2. The van der Waals surface area contributed by atoms with Crippen LogP contribution in [0.3, 0.4) is 0 Å². The maximum absolute atomic E-state index is 11.7. The minimum atomic E-state index is -0.571. The molecule has 120 valence electrons. The molecule has 0 fully saturated rings. The van der Waals surface area contributed by atoms with E-state index in [9.17, 15) is 15.2 Å². The normalized spacial score (nSPS) is 9.96. The van der Waals surface area contributed by atoms with Crippen LogP contribution in [0.2, 0.25) is 0 Å². The van der Waals surface area contributed by atoms with E-state index in [0.29, 0.717) is 6.54 Å². The lowest BCUT2D eigenvalue weighted by Gasteiger charge is -2.16. The fourth-order valence-corrected chi connectivity index (χ4v) is 2.00. The first-order valence-corrected chi connectivity index (χ1v) is 7.03. The van der Waals surface area contributed by atoms with Crippen LogP contribution in [0, 0.1) is 10.1 Å². The van der Waals surface area contributed by atoms with E-state index in [-0.39, 0.29) is 22.2 Å². The van der Waals surface area contributed by atoms with Crippen LogP contribution < -0.4 is 20.5 Å². The van der Waals surface area contributed by atoms with Crippen molar-refractivity contribution in [3.05, 3.63) is 58.1 Å². The van der Waals surface area contributed by atoms with Crippen molar-refractivity contribution in [3.63, 3.8) is 0 Å². The highest BCUT2D eigenvalue weighted by atomic mass is 32.1. The van der Waals surface area contributed by atoms with Gasteiger partial charge in [0.1, 0.15) is 5.75 Å². The summed E-state index contributed by atoms with van der Waals surface area (Å²) in [6.45, 7) is 0.443. The number of benzene rings is 2. The first kappa shape index (κ1) is 16.5. The summed E-state index contributed by atoms with van der Waals surface area (Å²) in [6, 6.07) is 10.8. The third kappa shape index (κ3) is 4.55. The van der Waals surface area contributed by atoms with Gasteiger partial charge in [-0.25, -0.2) is 0 Å². The average Bonchev–Trinajstić information content (AvgIpc) is 2.55. The van der Waals surface area contributed by atoms with Crippen molar-refractivity contribution in [3.8, 4) is 11.5 Å². The summed E-state index contributed by atoms with van der Waals surface area (Å²) in [4.78, 5) is 10.2. The molecule has 0 aromatic heterocycles. The Morgan fingerprint density at radius 1 is 1.26 bits per heavy atom. The van der Waals surface area contributed by atoms with Crippen molar-refractivity contribution in [1.82, 2.24) is 5.32 Å². The van der Waals surface area contributed by atoms with E-state index in [2.05, 4.69) is 10.6 Å². The molecule has 0 heterocycles. The second-order valence-corrected chi connectivity index (χ2v) is 5.00. The summed E-state index contributed by atoms with van der Waals surface area (Å²) in [5, 5.41) is 28.2. The quantitative estimate of drug-likeness (QED) is 0.492. The van der Waals surface area contributed by atoms with Gasteiger partial charge in [0.25, 0.3) is 5.69 Å². The van der Waals surface area contributed by atoms with E-state index in [1.165, 1.54) is 0 Å². The van der Waals surface area contributed by atoms with Crippen LogP contribution in [0.4, 0.5) is 11.4 Å². The third-order valence-corrected chi connectivity index (χ3v) is 3.28. The number of non-ortho nitro benzene ring substituents is 1. The third-order valence-electron chi connectivity index (χ3n) is 3.03. The molecule has 2 N–H and O–H groups in total. The average molecular weight is 332 g/mol. The van der Waals surface area contributed by atoms with Crippen LogP contribution in [0.15, 0.2) is 42.5 Å². The minimum Gasteiger partial charge on any atom is -0.871 e. The summed E-state index contributed by atoms with van der Waals surface area (Å²) in [5.74, 6) is 0.381. The monoisotopic (exact) mass is 332 g/mol. The summed E-state index contributed by atoms with van der Waals surface area (Å²) in [5.41, 5.74) is 0.854. The molecule has 23 heavy (non-hydrogen) atoms. The molecule has 8 heteroatoms. The van der Waals surface area contributed by atoms with Gasteiger partial charge in [-0.05, 0) is 29.9 Å². The second-order valence-electron chi connectivity index (χ2n) is 4.59. The maximum atomic E-state index is 11.7. The van der Waals surface area contributed by atoms with Gasteiger partial charge in [0, 0.05) is 24.4 Å². The molecule has 0 radical (unpaired) electrons. The predicted molar refractivity (Wildman–Crippen MR) is 88.6 cm³/mol. The smallest absolute Gasteiger partial charge is 0.271 e. The van der Waals surface area contributed by atoms with E-state index in [1.54, 1.807) is 7.11 Å². The zero-order valence-electron chi connectivity index (χ0n) is 12.2. The molecule has 0 saturated heterocycles. The van der Waals surface area contributed by atoms with Crippen LogP contribution in [-0.2, 0) is 6.54 Å². The van der Waals surface area contributed by atoms with Crippen LogP contribution in [0.1, 0.15) is 5.56 Å². The Bertz CT molecular complexity index is 719. The van der Waals surface area contributed by atoms with Gasteiger partial charge in [0.05, 0.1) is 12.0 Å². The highest BCUT2D eigenvalue weighted by Gasteiger charge is 2.07. The molecule has 0 atom stereocenters. The minimum absolute atomic E-state index is 0.0615. The maximum Gasteiger partial charge on any atom is 0.271 e.